The number of hydrogen-bond donors (Lipinski definition) is 0. The van der Waals surface area contributed by atoms with Crippen molar-refractivity contribution in [3.05, 3.63) is 30.3 Å². The number of nitrogens with zero attached hydrogens (tertiary/aromatic N) is 1. The van der Waals surface area contributed by atoms with Crippen LogP contribution in [-0.2, 0) is 9.53 Å². The first-order chi connectivity index (χ1) is 6.24. The van der Waals surface area contributed by atoms with E-state index in [-0.39, 0.29) is 12.5 Å². The van der Waals surface area contributed by atoms with Crippen LogP contribution in [0.2, 0.25) is 0 Å². The van der Waals surface area contributed by atoms with E-state index in [2.05, 4.69) is 4.74 Å². The molecule has 70 valence electrons. The maximum atomic E-state index is 10.9. The van der Waals surface area contributed by atoms with Gasteiger partial charge in [0.2, 0.25) is 0 Å². The van der Waals surface area contributed by atoms with Crippen LogP contribution in [0.3, 0.4) is 0 Å². The van der Waals surface area contributed by atoms with Crippen molar-refractivity contribution in [3.8, 4) is 0 Å². The van der Waals surface area contributed by atoms with E-state index in [9.17, 15) is 4.79 Å². The van der Waals surface area contributed by atoms with Crippen molar-refractivity contribution in [1.29, 1.82) is 0 Å². The van der Waals surface area contributed by atoms with E-state index >= 15 is 0 Å². The third-order valence-corrected chi connectivity index (χ3v) is 1.79. The van der Waals surface area contributed by atoms with Crippen LogP contribution < -0.4 is 4.90 Å². The lowest BCUT2D eigenvalue weighted by Crippen LogP contribution is -2.26. The third-order valence-electron chi connectivity index (χ3n) is 1.79. The molecule has 1 aromatic rings. The monoisotopic (exact) mass is 179 g/mol. The van der Waals surface area contributed by atoms with Gasteiger partial charge in [-0.2, -0.15) is 0 Å². The normalized spacial score (nSPS) is 9.38. The molecule has 0 atom stereocenters. The summed E-state index contributed by atoms with van der Waals surface area (Å²) in [5.41, 5.74) is 1.01. The Balaban J connectivity index is 2.59. The number of methoxy groups -OCH3 is 1. The number of rotatable bonds is 3. The van der Waals surface area contributed by atoms with Gasteiger partial charge in [0, 0.05) is 12.7 Å². The molecule has 1 rings (SSSR count). The van der Waals surface area contributed by atoms with Crippen molar-refractivity contribution in [2.75, 3.05) is 25.6 Å². The molecule has 3 nitrogen and oxygen atoms in total. The third kappa shape index (κ3) is 2.78. The Labute approximate surface area is 77.9 Å². The first-order valence-corrected chi connectivity index (χ1v) is 4.07. The summed E-state index contributed by atoms with van der Waals surface area (Å²) < 4.78 is 4.56. The molecule has 0 aliphatic carbocycles. The van der Waals surface area contributed by atoms with Gasteiger partial charge in [0.05, 0.1) is 7.11 Å². The summed E-state index contributed by atoms with van der Waals surface area (Å²) in [6.45, 7) is 0.278. The number of hydrogen-bond acceptors (Lipinski definition) is 3. The summed E-state index contributed by atoms with van der Waals surface area (Å²) in [6.07, 6.45) is 0. The molecule has 0 fully saturated rings. The Hall–Kier alpha value is -1.51. The average Bonchev–Trinajstić information content (AvgIpc) is 2.19. The smallest absolute Gasteiger partial charge is 0.325 e. The van der Waals surface area contributed by atoms with Gasteiger partial charge in [0.1, 0.15) is 6.54 Å². The predicted molar refractivity (Wildman–Crippen MR) is 51.7 cm³/mol. The topological polar surface area (TPSA) is 29.5 Å². The van der Waals surface area contributed by atoms with E-state index in [0.29, 0.717) is 0 Å². The molecule has 0 saturated carbocycles. The molecule has 0 bridgehead atoms. The van der Waals surface area contributed by atoms with Crippen LogP contribution in [-0.4, -0.2) is 26.7 Å². The summed E-state index contributed by atoms with van der Waals surface area (Å²) in [5, 5.41) is 0. The summed E-state index contributed by atoms with van der Waals surface area (Å²) >= 11 is 0. The van der Waals surface area contributed by atoms with Crippen molar-refractivity contribution in [2.45, 2.75) is 0 Å². The summed E-state index contributed by atoms with van der Waals surface area (Å²) in [6, 6.07) is 9.70. The van der Waals surface area contributed by atoms with Crippen LogP contribution in [0.1, 0.15) is 0 Å². The SMILES string of the molecule is COC(=O)CN(C)c1ccccc1. The Kier molecular flexibility index (Phi) is 3.31. The van der Waals surface area contributed by atoms with Crippen molar-refractivity contribution in [3.63, 3.8) is 0 Å². The standard InChI is InChI=1S/C10H13NO2/c1-11(8-10(12)13-2)9-6-4-3-5-7-9/h3-7H,8H2,1-2H3. The van der Waals surface area contributed by atoms with E-state index in [4.69, 9.17) is 0 Å². The fraction of sp³-hybridized carbons (Fsp3) is 0.300. The minimum Gasteiger partial charge on any atom is -0.468 e. The van der Waals surface area contributed by atoms with Gasteiger partial charge in [-0.1, -0.05) is 18.2 Å². The van der Waals surface area contributed by atoms with E-state index in [1.165, 1.54) is 7.11 Å². The molecule has 0 aliphatic rings. The van der Waals surface area contributed by atoms with E-state index in [1.807, 2.05) is 42.3 Å². The average molecular weight is 179 g/mol. The van der Waals surface area contributed by atoms with Crippen LogP contribution in [0.25, 0.3) is 0 Å². The highest BCUT2D eigenvalue weighted by molar-refractivity contribution is 5.75. The number of likely N-dealkylation sites (N-methyl/N-ethyl adjacent to an activating group) is 1. The fourth-order valence-corrected chi connectivity index (χ4v) is 1.03. The second kappa shape index (κ2) is 4.50. The lowest BCUT2D eigenvalue weighted by atomic mass is 10.3. The maximum Gasteiger partial charge on any atom is 0.325 e. The van der Waals surface area contributed by atoms with Crippen LogP contribution in [0.5, 0.6) is 0 Å². The number of esters is 1. The molecule has 3 heteroatoms. The van der Waals surface area contributed by atoms with Gasteiger partial charge in [0.15, 0.2) is 0 Å². The Bertz CT molecular complexity index is 272. The van der Waals surface area contributed by atoms with Crippen molar-refractivity contribution < 1.29 is 9.53 Å². The summed E-state index contributed by atoms with van der Waals surface area (Å²) in [5.74, 6) is -0.230. The zero-order valence-electron chi connectivity index (χ0n) is 7.86. The molecule has 0 heterocycles. The zero-order chi connectivity index (χ0) is 9.68. The van der Waals surface area contributed by atoms with Gasteiger partial charge in [-0.05, 0) is 12.1 Å². The van der Waals surface area contributed by atoms with Crippen molar-refractivity contribution >= 4 is 11.7 Å². The molecule has 0 spiro atoms. The molecule has 0 aromatic heterocycles. The van der Waals surface area contributed by atoms with Crippen LogP contribution in [0, 0.1) is 0 Å². The lowest BCUT2D eigenvalue weighted by molar-refractivity contribution is -0.138. The summed E-state index contributed by atoms with van der Waals surface area (Å²) in [7, 11) is 3.24. The number of benzene rings is 1. The quantitative estimate of drug-likeness (QED) is 0.655. The lowest BCUT2D eigenvalue weighted by Gasteiger charge is -2.16. The highest BCUT2D eigenvalue weighted by Crippen LogP contribution is 2.09. The number of carbonyl (C=O) groups is 1. The molecule has 0 amide bonds. The number of ether oxygens (including phenoxy) is 1. The molecule has 0 N–H and O–H groups in total. The first-order valence-electron chi connectivity index (χ1n) is 4.07. The molecule has 0 radical (unpaired) electrons. The fourth-order valence-electron chi connectivity index (χ4n) is 1.03. The van der Waals surface area contributed by atoms with E-state index in [0.717, 1.165) is 5.69 Å². The van der Waals surface area contributed by atoms with Crippen LogP contribution >= 0.6 is 0 Å². The van der Waals surface area contributed by atoms with Gasteiger partial charge >= 0.3 is 5.97 Å². The van der Waals surface area contributed by atoms with E-state index in [1.54, 1.807) is 0 Å². The molecule has 0 unspecified atom stereocenters. The van der Waals surface area contributed by atoms with Gasteiger partial charge < -0.3 is 9.64 Å². The molecule has 13 heavy (non-hydrogen) atoms. The summed E-state index contributed by atoms with van der Waals surface area (Å²) in [4.78, 5) is 12.8. The molecular weight excluding hydrogens is 166 g/mol. The number of carbonyl (C=O) groups excluding carboxylic acids is 1. The van der Waals surface area contributed by atoms with Crippen molar-refractivity contribution in [2.24, 2.45) is 0 Å². The van der Waals surface area contributed by atoms with Gasteiger partial charge in [-0.25, -0.2) is 0 Å². The number of para-hydroxylation sites is 1. The zero-order valence-corrected chi connectivity index (χ0v) is 7.86. The molecule has 0 saturated heterocycles. The highest BCUT2D eigenvalue weighted by atomic mass is 16.5. The highest BCUT2D eigenvalue weighted by Gasteiger charge is 2.05. The Morgan fingerprint density at radius 1 is 1.38 bits per heavy atom. The van der Waals surface area contributed by atoms with Crippen LogP contribution in [0.15, 0.2) is 30.3 Å². The first kappa shape index (κ1) is 9.58. The predicted octanol–water partition coefficient (Wildman–Crippen LogP) is 1.30. The number of anilines is 1. The maximum absolute atomic E-state index is 10.9. The van der Waals surface area contributed by atoms with Gasteiger partial charge in [-0.15, -0.1) is 0 Å². The molecule has 1 aromatic carbocycles. The van der Waals surface area contributed by atoms with E-state index < -0.39 is 0 Å². The second-order valence-corrected chi connectivity index (χ2v) is 2.77. The minimum atomic E-state index is -0.230. The Morgan fingerprint density at radius 3 is 2.54 bits per heavy atom. The second-order valence-electron chi connectivity index (χ2n) is 2.77. The van der Waals surface area contributed by atoms with Crippen molar-refractivity contribution in [1.82, 2.24) is 0 Å². The minimum absolute atomic E-state index is 0.230. The largest absolute Gasteiger partial charge is 0.468 e. The Morgan fingerprint density at radius 2 is 2.00 bits per heavy atom. The van der Waals surface area contributed by atoms with Gasteiger partial charge in [0.25, 0.3) is 0 Å². The molecule has 0 aliphatic heterocycles. The molecular formula is C10H13NO2. The van der Waals surface area contributed by atoms with Gasteiger partial charge in [-0.3, -0.25) is 4.79 Å². The van der Waals surface area contributed by atoms with Crippen LogP contribution in [0.4, 0.5) is 5.69 Å².